The van der Waals surface area contributed by atoms with Crippen LogP contribution in [0.1, 0.15) is 27.1 Å². The fraction of sp³-hybridized carbons (Fsp3) is 0.250. The van der Waals surface area contributed by atoms with Crippen molar-refractivity contribution in [2.75, 3.05) is 12.1 Å². The smallest absolute Gasteiger partial charge is 0.308 e. The summed E-state index contributed by atoms with van der Waals surface area (Å²) < 4.78 is 4.85. The Morgan fingerprint density at radius 2 is 1.72 bits per heavy atom. The third-order valence-corrected chi connectivity index (χ3v) is 2.93. The van der Waals surface area contributed by atoms with Crippen molar-refractivity contribution in [3.63, 3.8) is 0 Å². The molecule has 1 aliphatic rings. The average Bonchev–Trinajstić information content (AvgIpc) is 2.61. The molecule has 0 aromatic heterocycles. The van der Waals surface area contributed by atoms with E-state index in [9.17, 15) is 14.4 Å². The first kappa shape index (κ1) is 12.8. The van der Waals surface area contributed by atoms with Gasteiger partial charge in [-0.1, -0.05) is 28.1 Å². The maximum atomic E-state index is 11.9. The summed E-state index contributed by atoms with van der Waals surface area (Å²) in [6.07, 6.45) is 0.198. The van der Waals surface area contributed by atoms with Gasteiger partial charge in [0.25, 0.3) is 11.8 Å². The van der Waals surface area contributed by atoms with Crippen LogP contribution < -0.4 is 0 Å². The number of ether oxygens (including phenoxy) is 1. The Bertz CT molecular complexity index is 480. The Kier molecular flexibility index (Phi) is 3.76. The summed E-state index contributed by atoms with van der Waals surface area (Å²) in [5.41, 5.74) is 0.693. The van der Waals surface area contributed by atoms with Crippen molar-refractivity contribution < 1.29 is 19.1 Å². The molecule has 0 bridgehead atoms. The van der Waals surface area contributed by atoms with Crippen molar-refractivity contribution in [2.24, 2.45) is 0 Å². The Labute approximate surface area is 112 Å². The van der Waals surface area contributed by atoms with Crippen LogP contribution in [0.25, 0.3) is 0 Å². The molecule has 0 aliphatic carbocycles. The minimum Gasteiger partial charge on any atom is -0.444 e. The monoisotopic (exact) mass is 311 g/mol. The van der Waals surface area contributed by atoms with E-state index in [2.05, 4.69) is 15.9 Å². The average molecular weight is 312 g/mol. The molecule has 5 nitrogen and oxygen atoms in total. The lowest BCUT2D eigenvalue weighted by Crippen LogP contribution is -2.33. The highest BCUT2D eigenvalue weighted by Gasteiger charge is 2.35. The Hall–Kier alpha value is -1.69. The summed E-state index contributed by atoms with van der Waals surface area (Å²) in [6, 6.07) is 6.53. The first-order valence-electron chi connectivity index (χ1n) is 5.32. The molecule has 1 aliphatic heterocycles. The standard InChI is InChI=1S/C12H10BrNO4/c13-6-5-10(15)18-7-14-11(16)8-3-1-2-4-9(8)12(14)17/h1-4H,5-7H2. The molecule has 0 atom stereocenters. The summed E-state index contributed by atoms with van der Waals surface area (Å²) >= 11 is 3.10. The second-order valence-electron chi connectivity index (χ2n) is 3.67. The van der Waals surface area contributed by atoms with E-state index in [1.807, 2.05) is 0 Å². The number of imide groups is 1. The lowest BCUT2D eigenvalue weighted by atomic mass is 10.1. The molecule has 0 fully saturated rings. The number of rotatable bonds is 4. The number of amides is 2. The van der Waals surface area contributed by atoms with Crippen LogP contribution in [0.4, 0.5) is 0 Å². The summed E-state index contributed by atoms with van der Waals surface area (Å²) in [5.74, 6) is -1.31. The van der Waals surface area contributed by atoms with Crippen LogP contribution in [0.2, 0.25) is 0 Å². The van der Waals surface area contributed by atoms with E-state index < -0.39 is 17.8 Å². The first-order valence-corrected chi connectivity index (χ1v) is 6.44. The molecule has 2 amide bonds. The molecule has 0 saturated carbocycles. The van der Waals surface area contributed by atoms with Gasteiger partial charge in [0.1, 0.15) is 0 Å². The molecule has 0 unspecified atom stereocenters. The van der Waals surface area contributed by atoms with Gasteiger partial charge in [0.2, 0.25) is 0 Å². The Morgan fingerprint density at radius 1 is 1.17 bits per heavy atom. The number of hydrogen-bond acceptors (Lipinski definition) is 4. The van der Waals surface area contributed by atoms with Gasteiger partial charge in [-0.2, -0.15) is 0 Å². The molecule has 1 aromatic rings. The van der Waals surface area contributed by atoms with E-state index in [0.717, 1.165) is 4.90 Å². The number of carbonyl (C=O) groups is 3. The highest BCUT2D eigenvalue weighted by molar-refractivity contribution is 9.09. The van der Waals surface area contributed by atoms with Crippen LogP contribution in [-0.2, 0) is 9.53 Å². The van der Waals surface area contributed by atoms with Gasteiger partial charge in [0, 0.05) is 5.33 Å². The Balaban J connectivity index is 2.07. The molecule has 1 aromatic carbocycles. The molecule has 0 spiro atoms. The number of carbonyl (C=O) groups excluding carboxylic acids is 3. The van der Waals surface area contributed by atoms with Gasteiger partial charge in [-0.3, -0.25) is 14.4 Å². The van der Waals surface area contributed by atoms with E-state index in [1.54, 1.807) is 24.3 Å². The molecule has 0 saturated heterocycles. The number of alkyl halides is 1. The van der Waals surface area contributed by atoms with E-state index in [0.29, 0.717) is 16.5 Å². The SMILES string of the molecule is O=C(CCBr)OCN1C(=O)c2ccccc2C1=O. The number of fused-ring (bicyclic) bond motifs is 1. The van der Waals surface area contributed by atoms with Gasteiger partial charge >= 0.3 is 5.97 Å². The van der Waals surface area contributed by atoms with Gasteiger partial charge in [-0.15, -0.1) is 0 Å². The van der Waals surface area contributed by atoms with Crippen LogP contribution in [0, 0.1) is 0 Å². The lowest BCUT2D eigenvalue weighted by Gasteiger charge is -2.13. The molecular formula is C12H10BrNO4. The first-order chi connectivity index (χ1) is 8.65. The summed E-state index contributed by atoms with van der Waals surface area (Å²) in [7, 11) is 0. The minimum atomic E-state index is -0.455. The highest BCUT2D eigenvalue weighted by atomic mass is 79.9. The van der Waals surface area contributed by atoms with Crippen molar-refractivity contribution >= 4 is 33.7 Å². The zero-order chi connectivity index (χ0) is 13.1. The van der Waals surface area contributed by atoms with Gasteiger partial charge in [0.05, 0.1) is 17.5 Å². The predicted octanol–water partition coefficient (Wildman–Crippen LogP) is 1.57. The number of esters is 1. The highest BCUT2D eigenvalue weighted by Crippen LogP contribution is 2.22. The number of hydrogen-bond donors (Lipinski definition) is 0. The molecule has 94 valence electrons. The fourth-order valence-electron chi connectivity index (χ4n) is 1.64. The van der Waals surface area contributed by atoms with E-state index in [1.165, 1.54) is 0 Å². The zero-order valence-electron chi connectivity index (χ0n) is 9.39. The largest absolute Gasteiger partial charge is 0.444 e. The van der Waals surface area contributed by atoms with Crippen LogP contribution in [0.15, 0.2) is 24.3 Å². The van der Waals surface area contributed by atoms with Crippen molar-refractivity contribution in [1.29, 1.82) is 0 Å². The van der Waals surface area contributed by atoms with E-state index >= 15 is 0 Å². The van der Waals surface area contributed by atoms with Gasteiger partial charge < -0.3 is 4.74 Å². The summed E-state index contributed by atoms with van der Waals surface area (Å²) in [5, 5.41) is 0.480. The molecule has 18 heavy (non-hydrogen) atoms. The molecule has 1 heterocycles. The number of nitrogens with zero attached hydrogens (tertiary/aromatic N) is 1. The fourth-order valence-corrected chi connectivity index (χ4v) is 1.97. The lowest BCUT2D eigenvalue weighted by molar-refractivity contribution is -0.145. The quantitative estimate of drug-likeness (QED) is 0.481. The molecule has 0 radical (unpaired) electrons. The summed E-state index contributed by atoms with van der Waals surface area (Å²) in [6.45, 7) is -0.335. The van der Waals surface area contributed by atoms with Gasteiger partial charge in [-0.25, -0.2) is 4.90 Å². The maximum Gasteiger partial charge on any atom is 0.308 e. The van der Waals surface area contributed by atoms with Crippen molar-refractivity contribution in [2.45, 2.75) is 6.42 Å². The Morgan fingerprint density at radius 3 is 2.22 bits per heavy atom. The topological polar surface area (TPSA) is 63.7 Å². The third-order valence-electron chi connectivity index (χ3n) is 2.53. The third kappa shape index (κ3) is 2.28. The zero-order valence-corrected chi connectivity index (χ0v) is 11.0. The molecule has 2 rings (SSSR count). The van der Waals surface area contributed by atoms with Crippen molar-refractivity contribution in [3.05, 3.63) is 35.4 Å². The normalized spacial score (nSPS) is 13.7. The molecule has 6 heteroatoms. The van der Waals surface area contributed by atoms with E-state index in [4.69, 9.17) is 4.74 Å². The number of benzene rings is 1. The van der Waals surface area contributed by atoms with Crippen LogP contribution in [0.3, 0.4) is 0 Å². The van der Waals surface area contributed by atoms with Crippen LogP contribution in [-0.4, -0.2) is 34.7 Å². The second-order valence-corrected chi connectivity index (χ2v) is 4.46. The summed E-state index contributed by atoms with van der Waals surface area (Å²) in [4.78, 5) is 35.9. The van der Waals surface area contributed by atoms with Crippen LogP contribution in [0.5, 0.6) is 0 Å². The predicted molar refractivity (Wildman–Crippen MR) is 66.3 cm³/mol. The van der Waals surface area contributed by atoms with Crippen LogP contribution >= 0.6 is 15.9 Å². The van der Waals surface area contributed by atoms with E-state index in [-0.39, 0.29) is 13.2 Å². The molecular weight excluding hydrogens is 302 g/mol. The minimum absolute atomic E-state index is 0.198. The van der Waals surface area contributed by atoms with Crippen molar-refractivity contribution in [1.82, 2.24) is 4.90 Å². The molecule has 0 N–H and O–H groups in total. The maximum absolute atomic E-state index is 11.9. The van der Waals surface area contributed by atoms with Crippen molar-refractivity contribution in [3.8, 4) is 0 Å². The second kappa shape index (κ2) is 5.30. The number of halogens is 1. The van der Waals surface area contributed by atoms with Gasteiger partial charge in [0.15, 0.2) is 6.73 Å². The van der Waals surface area contributed by atoms with Gasteiger partial charge in [-0.05, 0) is 12.1 Å².